The fraction of sp³-hybridized carbons (Fsp3) is 0.385. The Morgan fingerprint density at radius 2 is 2.13 bits per heavy atom. The lowest BCUT2D eigenvalue weighted by Crippen LogP contribution is -2.33. The van der Waals surface area contributed by atoms with E-state index in [9.17, 15) is 0 Å². The van der Waals surface area contributed by atoms with Gasteiger partial charge in [-0.05, 0) is 53.8 Å². The maximum absolute atomic E-state index is 3.60. The minimum atomic E-state index is 0.705. The van der Waals surface area contributed by atoms with Gasteiger partial charge in [0.15, 0.2) is 0 Å². The molecule has 1 aromatic heterocycles. The standard InChI is InChI=1S/C13H15NS/c1-9-6-12(7-9)14-11-2-3-13-10(8-11)4-5-15-13/h2-5,8-9,12,14H,6-7H2,1H3. The number of hydrogen-bond acceptors (Lipinski definition) is 2. The summed E-state index contributed by atoms with van der Waals surface area (Å²) in [5, 5.41) is 7.11. The molecule has 0 spiro atoms. The van der Waals surface area contributed by atoms with Crippen molar-refractivity contribution in [1.29, 1.82) is 0 Å². The molecule has 2 heteroatoms. The van der Waals surface area contributed by atoms with Gasteiger partial charge in [-0.25, -0.2) is 0 Å². The van der Waals surface area contributed by atoms with Gasteiger partial charge < -0.3 is 5.32 Å². The summed E-state index contributed by atoms with van der Waals surface area (Å²) in [6.07, 6.45) is 2.64. The van der Waals surface area contributed by atoms with Gasteiger partial charge in [0.05, 0.1) is 0 Å². The third-order valence-corrected chi connectivity index (χ3v) is 4.09. The third kappa shape index (κ3) is 1.74. The first-order chi connectivity index (χ1) is 7.31. The van der Waals surface area contributed by atoms with E-state index in [0.717, 1.165) is 5.92 Å². The highest BCUT2D eigenvalue weighted by Crippen LogP contribution is 2.31. The number of anilines is 1. The van der Waals surface area contributed by atoms with Crippen molar-refractivity contribution in [3.63, 3.8) is 0 Å². The molecule has 1 aliphatic carbocycles. The van der Waals surface area contributed by atoms with Crippen LogP contribution in [-0.2, 0) is 0 Å². The average molecular weight is 217 g/mol. The highest BCUT2D eigenvalue weighted by atomic mass is 32.1. The Morgan fingerprint density at radius 1 is 1.27 bits per heavy atom. The number of benzene rings is 1. The third-order valence-electron chi connectivity index (χ3n) is 3.20. The molecule has 0 saturated heterocycles. The molecule has 78 valence electrons. The highest BCUT2D eigenvalue weighted by Gasteiger charge is 2.24. The summed E-state index contributed by atoms with van der Waals surface area (Å²) in [6, 6.07) is 9.56. The smallest absolute Gasteiger partial charge is 0.0349 e. The molecule has 15 heavy (non-hydrogen) atoms. The minimum absolute atomic E-state index is 0.705. The van der Waals surface area contributed by atoms with Gasteiger partial charge in [0.2, 0.25) is 0 Å². The van der Waals surface area contributed by atoms with Crippen molar-refractivity contribution in [2.24, 2.45) is 5.92 Å². The summed E-state index contributed by atoms with van der Waals surface area (Å²) in [7, 11) is 0. The second-order valence-electron chi connectivity index (χ2n) is 4.59. The Labute approximate surface area is 94.1 Å². The molecule has 2 aromatic rings. The van der Waals surface area contributed by atoms with Crippen LogP contribution in [0.2, 0.25) is 0 Å². The lowest BCUT2D eigenvalue weighted by Gasteiger charge is -2.34. The second-order valence-corrected chi connectivity index (χ2v) is 5.54. The van der Waals surface area contributed by atoms with E-state index in [1.807, 2.05) is 11.3 Å². The average Bonchev–Trinajstić information content (AvgIpc) is 2.62. The van der Waals surface area contributed by atoms with Gasteiger partial charge in [0.1, 0.15) is 0 Å². The van der Waals surface area contributed by atoms with Gasteiger partial charge in [-0.1, -0.05) is 6.92 Å². The van der Waals surface area contributed by atoms with Gasteiger partial charge in [0.25, 0.3) is 0 Å². The first-order valence-corrected chi connectivity index (χ1v) is 6.43. The van der Waals surface area contributed by atoms with E-state index in [1.165, 1.54) is 28.6 Å². The molecule has 1 aliphatic rings. The highest BCUT2D eigenvalue weighted by molar-refractivity contribution is 7.17. The number of nitrogens with one attached hydrogen (secondary N) is 1. The van der Waals surface area contributed by atoms with Crippen LogP contribution >= 0.6 is 11.3 Å². The second kappa shape index (κ2) is 3.53. The first-order valence-electron chi connectivity index (χ1n) is 5.55. The Hall–Kier alpha value is -1.02. The van der Waals surface area contributed by atoms with Crippen molar-refractivity contribution >= 4 is 27.1 Å². The van der Waals surface area contributed by atoms with Crippen LogP contribution in [0.15, 0.2) is 29.6 Å². The lowest BCUT2D eigenvalue weighted by atomic mass is 9.82. The van der Waals surface area contributed by atoms with E-state index in [-0.39, 0.29) is 0 Å². The van der Waals surface area contributed by atoms with Crippen LogP contribution in [0.3, 0.4) is 0 Å². The lowest BCUT2D eigenvalue weighted by molar-refractivity contribution is 0.309. The number of thiophene rings is 1. The zero-order chi connectivity index (χ0) is 10.3. The fourth-order valence-electron chi connectivity index (χ4n) is 2.31. The largest absolute Gasteiger partial charge is 0.382 e. The molecule has 0 atom stereocenters. The van der Waals surface area contributed by atoms with Gasteiger partial charge in [-0.2, -0.15) is 0 Å². The van der Waals surface area contributed by atoms with E-state index in [2.05, 4.69) is 41.9 Å². The predicted octanol–water partition coefficient (Wildman–Crippen LogP) is 4.11. The minimum Gasteiger partial charge on any atom is -0.382 e. The number of fused-ring (bicyclic) bond motifs is 1. The fourth-order valence-corrected chi connectivity index (χ4v) is 3.08. The molecule has 1 saturated carbocycles. The van der Waals surface area contributed by atoms with Crippen molar-refractivity contribution in [3.05, 3.63) is 29.6 Å². The first kappa shape index (κ1) is 9.22. The van der Waals surface area contributed by atoms with E-state index < -0.39 is 0 Å². The summed E-state index contributed by atoms with van der Waals surface area (Å²) >= 11 is 1.81. The maximum atomic E-state index is 3.60. The van der Waals surface area contributed by atoms with E-state index in [1.54, 1.807) is 0 Å². The molecule has 1 aromatic carbocycles. The molecule has 0 unspecified atom stereocenters. The summed E-state index contributed by atoms with van der Waals surface area (Å²) in [5.74, 6) is 0.910. The monoisotopic (exact) mass is 217 g/mol. The molecule has 1 heterocycles. The van der Waals surface area contributed by atoms with Gasteiger partial charge >= 0.3 is 0 Å². The summed E-state index contributed by atoms with van der Waals surface area (Å²) in [6.45, 7) is 2.32. The number of rotatable bonds is 2. The predicted molar refractivity (Wildman–Crippen MR) is 67.6 cm³/mol. The molecular weight excluding hydrogens is 202 g/mol. The van der Waals surface area contributed by atoms with E-state index >= 15 is 0 Å². The van der Waals surface area contributed by atoms with E-state index in [4.69, 9.17) is 0 Å². The Morgan fingerprint density at radius 3 is 2.93 bits per heavy atom. The van der Waals surface area contributed by atoms with Gasteiger partial charge in [-0.15, -0.1) is 11.3 Å². The van der Waals surface area contributed by atoms with Crippen LogP contribution in [-0.4, -0.2) is 6.04 Å². The zero-order valence-corrected chi connectivity index (χ0v) is 9.68. The molecule has 0 bridgehead atoms. The van der Waals surface area contributed by atoms with Crippen molar-refractivity contribution in [1.82, 2.24) is 0 Å². The Kier molecular flexibility index (Phi) is 2.17. The Bertz CT molecular complexity index is 468. The van der Waals surface area contributed by atoms with Gasteiger partial charge in [0, 0.05) is 16.4 Å². The topological polar surface area (TPSA) is 12.0 Å². The van der Waals surface area contributed by atoms with E-state index in [0.29, 0.717) is 6.04 Å². The molecule has 0 radical (unpaired) electrons. The van der Waals surface area contributed by atoms with Crippen molar-refractivity contribution in [3.8, 4) is 0 Å². The molecule has 1 N–H and O–H groups in total. The molecule has 0 aliphatic heterocycles. The normalized spacial score (nSPS) is 25.1. The SMILES string of the molecule is CC1CC(Nc2ccc3sccc3c2)C1. The van der Waals surface area contributed by atoms with Crippen molar-refractivity contribution in [2.45, 2.75) is 25.8 Å². The van der Waals surface area contributed by atoms with Crippen LogP contribution in [0.1, 0.15) is 19.8 Å². The summed E-state index contributed by atoms with van der Waals surface area (Å²) in [4.78, 5) is 0. The summed E-state index contributed by atoms with van der Waals surface area (Å²) in [5.41, 5.74) is 1.28. The molecule has 3 rings (SSSR count). The van der Waals surface area contributed by atoms with Crippen LogP contribution < -0.4 is 5.32 Å². The van der Waals surface area contributed by atoms with Crippen molar-refractivity contribution in [2.75, 3.05) is 5.32 Å². The molecular formula is C13H15NS. The van der Waals surface area contributed by atoms with Gasteiger partial charge in [-0.3, -0.25) is 0 Å². The zero-order valence-electron chi connectivity index (χ0n) is 8.86. The van der Waals surface area contributed by atoms with Crippen molar-refractivity contribution < 1.29 is 0 Å². The Balaban J connectivity index is 1.79. The van der Waals surface area contributed by atoms with Crippen LogP contribution in [0.5, 0.6) is 0 Å². The maximum Gasteiger partial charge on any atom is 0.0349 e. The quantitative estimate of drug-likeness (QED) is 0.798. The number of hydrogen-bond donors (Lipinski definition) is 1. The molecule has 1 nitrogen and oxygen atoms in total. The molecule has 1 fully saturated rings. The summed E-state index contributed by atoms with van der Waals surface area (Å²) < 4.78 is 1.38. The van der Waals surface area contributed by atoms with Crippen LogP contribution in [0, 0.1) is 5.92 Å². The van der Waals surface area contributed by atoms with Crippen LogP contribution in [0.25, 0.3) is 10.1 Å². The van der Waals surface area contributed by atoms with Crippen LogP contribution in [0.4, 0.5) is 5.69 Å². The molecule has 0 amide bonds.